The lowest BCUT2D eigenvalue weighted by Gasteiger charge is -2.22. The van der Waals surface area contributed by atoms with Gasteiger partial charge in [-0.1, -0.05) is 12.1 Å². The Balaban J connectivity index is 0.00000200. The second-order valence-electron chi connectivity index (χ2n) is 4.36. The summed E-state index contributed by atoms with van der Waals surface area (Å²) < 4.78 is 10.8. The van der Waals surface area contributed by atoms with Gasteiger partial charge in [-0.05, 0) is 24.6 Å². The maximum absolute atomic E-state index is 11.9. The Morgan fingerprint density at radius 3 is 3.10 bits per heavy atom. The minimum absolute atomic E-state index is 0. The summed E-state index contributed by atoms with van der Waals surface area (Å²) in [6, 6.07) is 7.72. The van der Waals surface area contributed by atoms with E-state index < -0.39 is 0 Å². The number of hydrogen-bond donors (Lipinski definition) is 2. The molecule has 1 amide bonds. The molecule has 20 heavy (non-hydrogen) atoms. The molecule has 1 fully saturated rings. The van der Waals surface area contributed by atoms with E-state index in [1.54, 1.807) is 0 Å². The predicted molar refractivity (Wildman–Crippen MR) is 79.3 cm³/mol. The van der Waals surface area contributed by atoms with Gasteiger partial charge in [-0.25, -0.2) is 0 Å². The van der Waals surface area contributed by atoms with Crippen molar-refractivity contribution in [2.75, 3.05) is 26.3 Å². The number of morpholine rings is 1. The molecule has 1 unspecified atom stereocenters. The molecule has 2 N–H and O–H groups in total. The molecule has 1 aliphatic heterocycles. The molecule has 1 atom stereocenters. The highest BCUT2D eigenvalue weighted by atomic mass is 35.5. The van der Waals surface area contributed by atoms with Crippen LogP contribution in [0.1, 0.15) is 12.5 Å². The van der Waals surface area contributed by atoms with Crippen LogP contribution >= 0.6 is 12.4 Å². The van der Waals surface area contributed by atoms with Crippen LogP contribution in [0.3, 0.4) is 0 Å². The summed E-state index contributed by atoms with van der Waals surface area (Å²) in [5, 5.41) is 6.01. The van der Waals surface area contributed by atoms with E-state index in [0.29, 0.717) is 26.3 Å². The lowest BCUT2D eigenvalue weighted by Crippen LogP contribution is -2.47. The molecule has 5 nitrogen and oxygen atoms in total. The largest absolute Gasteiger partial charge is 0.494 e. The zero-order valence-electron chi connectivity index (χ0n) is 11.6. The number of halogens is 1. The van der Waals surface area contributed by atoms with Gasteiger partial charge in [-0.3, -0.25) is 4.79 Å². The van der Waals surface area contributed by atoms with Crippen molar-refractivity contribution in [1.29, 1.82) is 0 Å². The van der Waals surface area contributed by atoms with Crippen LogP contribution in [0, 0.1) is 0 Å². The maximum Gasteiger partial charge on any atom is 0.250 e. The van der Waals surface area contributed by atoms with Gasteiger partial charge in [-0.2, -0.15) is 0 Å². The maximum atomic E-state index is 11.9. The molecule has 1 aromatic carbocycles. The molecule has 6 heteroatoms. The van der Waals surface area contributed by atoms with Crippen LogP contribution in [-0.2, 0) is 16.1 Å². The Bertz CT molecular complexity index is 423. The Morgan fingerprint density at radius 2 is 2.40 bits per heavy atom. The highest BCUT2D eigenvalue weighted by molar-refractivity contribution is 5.85. The van der Waals surface area contributed by atoms with Crippen LogP contribution in [0.5, 0.6) is 5.75 Å². The van der Waals surface area contributed by atoms with Gasteiger partial charge in [0.1, 0.15) is 11.9 Å². The van der Waals surface area contributed by atoms with Gasteiger partial charge in [0.15, 0.2) is 0 Å². The van der Waals surface area contributed by atoms with Gasteiger partial charge in [0.05, 0.1) is 13.2 Å². The second-order valence-corrected chi connectivity index (χ2v) is 4.36. The summed E-state index contributed by atoms with van der Waals surface area (Å²) in [4.78, 5) is 11.9. The van der Waals surface area contributed by atoms with E-state index in [-0.39, 0.29) is 24.4 Å². The lowest BCUT2D eigenvalue weighted by atomic mass is 10.2. The molecular weight excluding hydrogens is 280 g/mol. The number of carbonyl (C=O) groups excluding carboxylic acids is 1. The summed E-state index contributed by atoms with van der Waals surface area (Å²) >= 11 is 0. The molecule has 0 aromatic heterocycles. The third kappa shape index (κ3) is 5.00. The summed E-state index contributed by atoms with van der Waals surface area (Å²) in [6.45, 7) is 5.03. The third-order valence-electron chi connectivity index (χ3n) is 2.90. The number of amides is 1. The second kappa shape index (κ2) is 8.79. The van der Waals surface area contributed by atoms with E-state index in [0.717, 1.165) is 17.9 Å². The van der Waals surface area contributed by atoms with Crippen molar-refractivity contribution in [3.8, 4) is 5.75 Å². The Morgan fingerprint density at radius 1 is 1.55 bits per heavy atom. The van der Waals surface area contributed by atoms with Crippen molar-refractivity contribution in [3.05, 3.63) is 29.8 Å². The van der Waals surface area contributed by atoms with E-state index in [9.17, 15) is 4.79 Å². The van der Waals surface area contributed by atoms with Crippen LogP contribution in [0.4, 0.5) is 0 Å². The molecule has 0 spiro atoms. The number of carbonyl (C=O) groups is 1. The molecule has 0 saturated carbocycles. The zero-order chi connectivity index (χ0) is 13.5. The molecule has 0 radical (unpaired) electrons. The SMILES string of the molecule is CCOc1cccc(CNC(=O)C2CNCCO2)c1.Cl. The quantitative estimate of drug-likeness (QED) is 0.855. The minimum atomic E-state index is -0.385. The topological polar surface area (TPSA) is 59.6 Å². The first-order chi connectivity index (χ1) is 9.29. The van der Waals surface area contributed by atoms with Crippen LogP contribution in [-0.4, -0.2) is 38.3 Å². The summed E-state index contributed by atoms with van der Waals surface area (Å²) in [6.07, 6.45) is -0.385. The van der Waals surface area contributed by atoms with Gasteiger partial charge in [0.25, 0.3) is 5.91 Å². The smallest absolute Gasteiger partial charge is 0.250 e. The number of hydrogen-bond acceptors (Lipinski definition) is 4. The van der Waals surface area contributed by atoms with Crippen LogP contribution in [0.15, 0.2) is 24.3 Å². The monoisotopic (exact) mass is 300 g/mol. The average Bonchev–Trinajstić information content (AvgIpc) is 2.46. The van der Waals surface area contributed by atoms with Gasteiger partial charge in [-0.15, -0.1) is 12.4 Å². The fourth-order valence-corrected chi connectivity index (χ4v) is 1.95. The van der Waals surface area contributed by atoms with Crippen LogP contribution < -0.4 is 15.4 Å². The van der Waals surface area contributed by atoms with Crippen LogP contribution in [0.2, 0.25) is 0 Å². The normalized spacial score (nSPS) is 17.9. The zero-order valence-corrected chi connectivity index (χ0v) is 12.4. The van der Waals surface area contributed by atoms with E-state index in [4.69, 9.17) is 9.47 Å². The molecule has 2 rings (SSSR count). The van der Waals surface area contributed by atoms with Crippen molar-refractivity contribution < 1.29 is 14.3 Å². The van der Waals surface area contributed by atoms with Gasteiger partial charge in [0.2, 0.25) is 0 Å². The third-order valence-corrected chi connectivity index (χ3v) is 2.90. The molecule has 0 aliphatic carbocycles. The standard InChI is InChI=1S/C14H20N2O3.ClH/c1-2-18-12-5-3-4-11(8-12)9-16-14(17)13-10-15-6-7-19-13;/h3-5,8,13,15H,2,6-7,9-10H2,1H3,(H,16,17);1H. The number of ether oxygens (including phenoxy) is 2. The summed E-state index contributed by atoms with van der Waals surface area (Å²) in [5.74, 6) is 0.749. The summed E-state index contributed by atoms with van der Waals surface area (Å²) in [7, 11) is 0. The minimum Gasteiger partial charge on any atom is -0.494 e. The van der Waals surface area contributed by atoms with Crippen molar-refractivity contribution in [1.82, 2.24) is 10.6 Å². The number of nitrogens with one attached hydrogen (secondary N) is 2. The Hall–Kier alpha value is -1.30. The van der Waals surface area contributed by atoms with Gasteiger partial charge in [0, 0.05) is 19.6 Å². The van der Waals surface area contributed by atoms with Crippen molar-refractivity contribution >= 4 is 18.3 Å². The first kappa shape index (κ1) is 16.8. The molecule has 1 saturated heterocycles. The highest BCUT2D eigenvalue weighted by Crippen LogP contribution is 2.13. The highest BCUT2D eigenvalue weighted by Gasteiger charge is 2.21. The fraction of sp³-hybridized carbons (Fsp3) is 0.500. The van der Waals surface area contributed by atoms with E-state index in [1.165, 1.54) is 0 Å². The van der Waals surface area contributed by atoms with Gasteiger partial charge >= 0.3 is 0 Å². The first-order valence-electron chi connectivity index (χ1n) is 6.61. The average molecular weight is 301 g/mol. The molecule has 0 bridgehead atoms. The Kier molecular flexibility index (Phi) is 7.36. The first-order valence-corrected chi connectivity index (χ1v) is 6.61. The number of rotatable bonds is 5. The predicted octanol–water partition coefficient (Wildman–Crippen LogP) is 1.11. The van der Waals surface area contributed by atoms with Crippen molar-refractivity contribution in [3.63, 3.8) is 0 Å². The van der Waals surface area contributed by atoms with Gasteiger partial charge < -0.3 is 20.1 Å². The van der Waals surface area contributed by atoms with Crippen molar-refractivity contribution in [2.24, 2.45) is 0 Å². The molecular formula is C14H21ClN2O3. The number of benzene rings is 1. The van der Waals surface area contributed by atoms with E-state index in [2.05, 4.69) is 10.6 Å². The van der Waals surface area contributed by atoms with Crippen molar-refractivity contribution in [2.45, 2.75) is 19.6 Å². The molecule has 1 heterocycles. The van der Waals surface area contributed by atoms with Crippen LogP contribution in [0.25, 0.3) is 0 Å². The lowest BCUT2D eigenvalue weighted by molar-refractivity contribution is -0.134. The molecule has 112 valence electrons. The molecule has 1 aliphatic rings. The Labute approximate surface area is 125 Å². The summed E-state index contributed by atoms with van der Waals surface area (Å²) in [5.41, 5.74) is 1.02. The fourth-order valence-electron chi connectivity index (χ4n) is 1.95. The van der Waals surface area contributed by atoms with E-state index >= 15 is 0 Å². The van der Waals surface area contributed by atoms with E-state index in [1.807, 2.05) is 31.2 Å². The molecule has 1 aromatic rings.